The molecular formula is C21H24N4O3S2. The summed E-state index contributed by atoms with van der Waals surface area (Å²) in [4.78, 5) is 23.7. The van der Waals surface area contributed by atoms with Crippen LogP contribution in [0.4, 0.5) is 11.4 Å². The van der Waals surface area contributed by atoms with E-state index in [4.69, 9.17) is 29.2 Å². The number of benzene rings is 2. The van der Waals surface area contributed by atoms with Crippen LogP contribution in [-0.4, -0.2) is 28.6 Å². The molecule has 0 aromatic heterocycles. The summed E-state index contributed by atoms with van der Waals surface area (Å²) in [6, 6.07) is 14.0. The van der Waals surface area contributed by atoms with Gasteiger partial charge in [0.25, 0.3) is 5.91 Å². The summed E-state index contributed by atoms with van der Waals surface area (Å²) in [5, 5.41) is 11.5. The Balaban J connectivity index is 1.88. The highest BCUT2D eigenvalue weighted by atomic mass is 32.1. The molecule has 9 heteroatoms. The number of thiocarbonyl (C=S) groups is 2. The van der Waals surface area contributed by atoms with Crippen molar-refractivity contribution in [2.24, 2.45) is 0 Å². The van der Waals surface area contributed by atoms with Crippen molar-refractivity contribution in [3.05, 3.63) is 54.1 Å². The van der Waals surface area contributed by atoms with Crippen LogP contribution in [0.25, 0.3) is 0 Å². The number of rotatable bonds is 7. The highest BCUT2D eigenvalue weighted by molar-refractivity contribution is 7.80. The van der Waals surface area contributed by atoms with E-state index >= 15 is 0 Å². The summed E-state index contributed by atoms with van der Waals surface area (Å²) in [6.45, 7) is 4.35. The quantitative estimate of drug-likeness (QED) is 0.483. The molecule has 7 nitrogen and oxygen atoms in total. The molecule has 0 unspecified atom stereocenters. The third kappa shape index (κ3) is 7.76. The fraction of sp³-hybridized carbons (Fsp3) is 0.238. The van der Waals surface area contributed by atoms with Gasteiger partial charge < -0.3 is 20.7 Å². The second-order valence-corrected chi connectivity index (χ2v) is 7.03. The second-order valence-electron chi connectivity index (χ2n) is 6.22. The molecule has 0 aliphatic rings. The fourth-order valence-electron chi connectivity index (χ4n) is 2.30. The molecule has 2 rings (SSSR count). The minimum atomic E-state index is -0.329. The molecule has 2 amide bonds. The zero-order valence-corrected chi connectivity index (χ0v) is 18.4. The molecule has 158 valence electrons. The first kappa shape index (κ1) is 23.2. The molecule has 2 aromatic rings. The predicted octanol–water partition coefficient (Wildman–Crippen LogP) is 3.83. The summed E-state index contributed by atoms with van der Waals surface area (Å²) in [7, 11) is 0. The minimum Gasteiger partial charge on any atom is -0.494 e. The monoisotopic (exact) mass is 444 g/mol. The number of carbonyl (C=O) groups excluding carboxylic acids is 2. The lowest BCUT2D eigenvalue weighted by molar-refractivity contribution is -0.119. The highest BCUT2D eigenvalue weighted by Gasteiger charge is 2.09. The topological polar surface area (TPSA) is 91.5 Å². The van der Waals surface area contributed by atoms with E-state index in [-0.39, 0.29) is 22.0 Å². The molecule has 0 saturated carbocycles. The Hall–Kier alpha value is -3.04. The molecule has 2 aromatic carbocycles. The van der Waals surface area contributed by atoms with Crippen LogP contribution < -0.4 is 26.0 Å². The summed E-state index contributed by atoms with van der Waals surface area (Å²) in [5.41, 5.74) is 1.85. The van der Waals surface area contributed by atoms with Crippen LogP contribution in [0.5, 0.6) is 5.75 Å². The lowest BCUT2D eigenvalue weighted by Gasteiger charge is -2.12. The maximum absolute atomic E-state index is 12.4. The third-order valence-electron chi connectivity index (χ3n) is 3.77. The number of ether oxygens (including phenoxy) is 1. The van der Waals surface area contributed by atoms with Gasteiger partial charge >= 0.3 is 0 Å². The van der Waals surface area contributed by atoms with Crippen LogP contribution in [0.3, 0.4) is 0 Å². The average molecular weight is 445 g/mol. The molecule has 0 radical (unpaired) electrons. The Morgan fingerprint density at radius 1 is 0.900 bits per heavy atom. The summed E-state index contributed by atoms with van der Waals surface area (Å²) < 4.78 is 5.55. The van der Waals surface area contributed by atoms with Crippen LogP contribution in [0.1, 0.15) is 37.0 Å². The minimum absolute atomic E-state index is 0.158. The number of nitrogens with one attached hydrogen (secondary N) is 4. The first-order chi connectivity index (χ1) is 14.4. The zero-order chi connectivity index (χ0) is 21.9. The lowest BCUT2D eigenvalue weighted by atomic mass is 10.2. The summed E-state index contributed by atoms with van der Waals surface area (Å²) in [5.74, 6) is 0.151. The Labute approximate surface area is 186 Å². The van der Waals surface area contributed by atoms with Crippen molar-refractivity contribution < 1.29 is 14.3 Å². The number of anilines is 2. The van der Waals surface area contributed by atoms with E-state index in [0.29, 0.717) is 35.7 Å². The Bertz CT molecular complexity index is 917. The lowest BCUT2D eigenvalue weighted by Crippen LogP contribution is -2.34. The molecule has 0 aliphatic heterocycles. The maximum Gasteiger partial charge on any atom is 0.257 e. The van der Waals surface area contributed by atoms with E-state index in [0.717, 1.165) is 6.42 Å². The standard InChI is InChI=1S/C21H24N4O3S2/c1-3-12-28-17-7-5-6-14(13-17)19(27)25-21(30)23-16-10-8-15(9-11-16)22-20(29)24-18(26)4-2/h5-11,13H,3-4,12H2,1-2H3,(H2,22,24,26,29)(H2,23,25,27,30). The van der Waals surface area contributed by atoms with Gasteiger partial charge in [-0.05, 0) is 73.3 Å². The molecule has 0 heterocycles. The number of hydrogen-bond donors (Lipinski definition) is 4. The molecule has 0 saturated heterocycles. The van der Waals surface area contributed by atoms with Crippen molar-refractivity contribution in [3.63, 3.8) is 0 Å². The van der Waals surface area contributed by atoms with Crippen LogP contribution in [-0.2, 0) is 4.79 Å². The van der Waals surface area contributed by atoms with Crippen molar-refractivity contribution in [3.8, 4) is 5.75 Å². The normalized spacial score (nSPS) is 9.93. The molecule has 0 aliphatic carbocycles. The number of amides is 2. The van der Waals surface area contributed by atoms with Gasteiger partial charge in [-0.2, -0.15) is 0 Å². The predicted molar refractivity (Wildman–Crippen MR) is 127 cm³/mol. The van der Waals surface area contributed by atoms with E-state index in [2.05, 4.69) is 21.3 Å². The van der Waals surface area contributed by atoms with E-state index < -0.39 is 0 Å². The van der Waals surface area contributed by atoms with Crippen LogP contribution >= 0.6 is 24.4 Å². The first-order valence-electron chi connectivity index (χ1n) is 9.47. The summed E-state index contributed by atoms with van der Waals surface area (Å²) >= 11 is 10.3. The SMILES string of the molecule is CCCOc1cccc(C(=O)NC(=S)Nc2ccc(NC(=S)NC(=O)CC)cc2)c1. The smallest absolute Gasteiger partial charge is 0.257 e. The van der Waals surface area contributed by atoms with E-state index in [1.165, 1.54) is 0 Å². The van der Waals surface area contributed by atoms with Crippen LogP contribution in [0.15, 0.2) is 48.5 Å². The van der Waals surface area contributed by atoms with Crippen molar-refractivity contribution in [1.29, 1.82) is 0 Å². The van der Waals surface area contributed by atoms with Gasteiger partial charge in [-0.3, -0.25) is 14.9 Å². The Morgan fingerprint density at radius 2 is 1.50 bits per heavy atom. The Morgan fingerprint density at radius 3 is 2.07 bits per heavy atom. The molecule has 0 fully saturated rings. The maximum atomic E-state index is 12.4. The van der Waals surface area contributed by atoms with Crippen molar-refractivity contribution in [2.45, 2.75) is 26.7 Å². The highest BCUT2D eigenvalue weighted by Crippen LogP contribution is 2.15. The van der Waals surface area contributed by atoms with E-state index in [9.17, 15) is 9.59 Å². The summed E-state index contributed by atoms with van der Waals surface area (Å²) in [6.07, 6.45) is 1.24. The molecule has 0 bridgehead atoms. The van der Waals surface area contributed by atoms with Gasteiger partial charge in [0.05, 0.1) is 6.61 Å². The van der Waals surface area contributed by atoms with E-state index in [1.54, 1.807) is 55.5 Å². The molecule has 0 spiro atoms. The molecule has 4 N–H and O–H groups in total. The molecule has 0 atom stereocenters. The van der Waals surface area contributed by atoms with Gasteiger partial charge in [-0.15, -0.1) is 0 Å². The van der Waals surface area contributed by atoms with Gasteiger partial charge in [0.2, 0.25) is 5.91 Å². The fourth-order valence-corrected chi connectivity index (χ4v) is 2.74. The van der Waals surface area contributed by atoms with Gasteiger partial charge in [-0.1, -0.05) is 19.9 Å². The van der Waals surface area contributed by atoms with Crippen LogP contribution in [0.2, 0.25) is 0 Å². The second kappa shape index (κ2) is 11.8. The van der Waals surface area contributed by atoms with E-state index in [1.807, 2.05) is 6.92 Å². The van der Waals surface area contributed by atoms with Crippen molar-refractivity contribution >= 4 is 57.8 Å². The molecule has 30 heavy (non-hydrogen) atoms. The number of carbonyl (C=O) groups is 2. The largest absolute Gasteiger partial charge is 0.494 e. The van der Waals surface area contributed by atoms with Crippen molar-refractivity contribution in [1.82, 2.24) is 10.6 Å². The van der Waals surface area contributed by atoms with Gasteiger partial charge in [0.1, 0.15) is 5.75 Å². The average Bonchev–Trinajstić information content (AvgIpc) is 2.73. The third-order valence-corrected chi connectivity index (χ3v) is 4.18. The van der Waals surface area contributed by atoms with Crippen LogP contribution in [0, 0.1) is 0 Å². The first-order valence-corrected chi connectivity index (χ1v) is 10.3. The van der Waals surface area contributed by atoms with Gasteiger partial charge in [-0.25, -0.2) is 0 Å². The number of hydrogen-bond acceptors (Lipinski definition) is 5. The van der Waals surface area contributed by atoms with Crippen molar-refractivity contribution in [2.75, 3.05) is 17.2 Å². The Kier molecular flexibility index (Phi) is 9.17. The molecular weight excluding hydrogens is 420 g/mol. The zero-order valence-electron chi connectivity index (χ0n) is 16.8. The van der Waals surface area contributed by atoms with Gasteiger partial charge in [0, 0.05) is 23.4 Å². The van der Waals surface area contributed by atoms with Gasteiger partial charge in [0.15, 0.2) is 10.2 Å².